The second kappa shape index (κ2) is 9.16. The van der Waals surface area contributed by atoms with Crippen LogP contribution < -0.4 is 0 Å². The summed E-state index contributed by atoms with van der Waals surface area (Å²) >= 11 is 5.07. The summed E-state index contributed by atoms with van der Waals surface area (Å²) in [5.41, 5.74) is -0.0703. The Morgan fingerprint density at radius 1 is 0.821 bits per heavy atom. The standard InChI is InChI=1S/C24H45NO2S/c1-6-22(4)18-24(26-20-14-10-8-11-15-20,27-21-16-12-9-13-17-21)19(3)23(5,7-2)25(22)28/h19-21,28H,6-18H2,1-5H3. The van der Waals surface area contributed by atoms with Crippen molar-refractivity contribution in [2.24, 2.45) is 5.92 Å². The van der Waals surface area contributed by atoms with Crippen LogP contribution in [0.2, 0.25) is 0 Å². The van der Waals surface area contributed by atoms with Crippen LogP contribution in [0.25, 0.3) is 0 Å². The summed E-state index contributed by atoms with van der Waals surface area (Å²) in [5.74, 6) is -0.204. The van der Waals surface area contributed by atoms with Crippen LogP contribution in [0.3, 0.4) is 0 Å². The Bertz CT molecular complexity index is 483. The fourth-order valence-corrected chi connectivity index (χ4v) is 6.54. The van der Waals surface area contributed by atoms with Gasteiger partial charge < -0.3 is 9.47 Å². The molecule has 3 atom stereocenters. The summed E-state index contributed by atoms with van der Waals surface area (Å²) in [6.45, 7) is 11.7. The first-order valence-corrected chi connectivity index (χ1v) is 12.5. The molecular formula is C24H45NO2S. The molecule has 0 aromatic heterocycles. The highest BCUT2D eigenvalue weighted by Gasteiger charge is 2.61. The lowest BCUT2D eigenvalue weighted by Gasteiger charge is -2.63. The lowest BCUT2D eigenvalue weighted by Crippen LogP contribution is -2.71. The molecule has 2 aliphatic carbocycles. The molecule has 0 amide bonds. The molecule has 3 aliphatic rings. The zero-order valence-electron chi connectivity index (χ0n) is 19.1. The molecule has 1 saturated heterocycles. The van der Waals surface area contributed by atoms with Crippen molar-refractivity contribution in [2.45, 2.75) is 147 Å². The van der Waals surface area contributed by atoms with Crippen molar-refractivity contribution in [1.82, 2.24) is 4.31 Å². The molecule has 0 aromatic carbocycles. The summed E-state index contributed by atoms with van der Waals surface area (Å²) in [6, 6.07) is 0. The normalized spacial score (nSPS) is 38.6. The molecule has 2 saturated carbocycles. The summed E-state index contributed by atoms with van der Waals surface area (Å²) in [7, 11) is 0. The smallest absolute Gasteiger partial charge is 0.175 e. The molecule has 4 heteroatoms. The van der Waals surface area contributed by atoms with E-state index in [1.807, 2.05) is 0 Å². The molecule has 0 spiro atoms. The van der Waals surface area contributed by atoms with Crippen molar-refractivity contribution >= 4 is 12.8 Å². The lowest BCUT2D eigenvalue weighted by atomic mass is 9.67. The van der Waals surface area contributed by atoms with E-state index in [0.29, 0.717) is 12.2 Å². The Balaban J connectivity index is 1.95. The maximum Gasteiger partial charge on any atom is 0.175 e. The third kappa shape index (κ3) is 4.31. The van der Waals surface area contributed by atoms with Crippen LogP contribution in [0, 0.1) is 5.92 Å². The number of hydrogen-bond donors (Lipinski definition) is 1. The molecule has 1 heterocycles. The lowest BCUT2D eigenvalue weighted by molar-refractivity contribution is -0.348. The van der Waals surface area contributed by atoms with Crippen molar-refractivity contribution in [3.05, 3.63) is 0 Å². The molecular weight excluding hydrogens is 366 g/mol. The molecule has 164 valence electrons. The van der Waals surface area contributed by atoms with Crippen molar-refractivity contribution in [3.8, 4) is 0 Å². The zero-order valence-corrected chi connectivity index (χ0v) is 20.0. The van der Waals surface area contributed by atoms with Crippen molar-refractivity contribution < 1.29 is 9.47 Å². The van der Waals surface area contributed by atoms with Crippen LogP contribution in [-0.2, 0) is 9.47 Å². The van der Waals surface area contributed by atoms with Gasteiger partial charge in [0.2, 0.25) is 0 Å². The van der Waals surface area contributed by atoms with Crippen molar-refractivity contribution in [2.75, 3.05) is 0 Å². The van der Waals surface area contributed by atoms with Crippen LogP contribution >= 0.6 is 12.8 Å². The van der Waals surface area contributed by atoms with Crippen LogP contribution in [0.4, 0.5) is 0 Å². The van der Waals surface area contributed by atoms with E-state index in [0.717, 1.165) is 19.3 Å². The Labute approximate surface area is 179 Å². The molecule has 1 aliphatic heterocycles. The zero-order chi connectivity index (χ0) is 20.4. The van der Waals surface area contributed by atoms with E-state index < -0.39 is 5.79 Å². The third-order valence-corrected chi connectivity index (χ3v) is 9.47. The van der Waals surface area contributed by atoms with E-state index in [1.165, 1.54) is 64.2 Å². The number of hydrogen-bond acceptors (Lipinski definition) is 4. The maximum atomic E-state index is 7.09. The minimum atomic E-state index is -0.487. The van der Waals surface area contributed by atoms with E-state index in [-0.39, 0.29) is 17.0 Å². The van der Waals surface area contributed by atoms with E-state index in [1.54, 1.807) is 0 Å². The molecule has 0 radical (unpaired) electrons. The first-order valence-electron chi connectivity index (χ1n) is 12.1. The van der Waals surface area contributed by atoms with Crippen LogP contribution in [0.5, 0.6) is 0 Å². The van der Waals surface area contributed by atoms with Gasteiger partial charge in [0.05, 0.1) is 12.2 Å². The quantitative estimate of drug-likeness (QED) is 0.379. The number of ether oxygens (including phenoxy) is 2. The predicted octanol–water partition coefficient (Wildman–Crippen LogP) is 6.91. The fraction of sp³-hybridized carbons (Fsp3) is 1.00. The second-order valence-electron chi connectivity index (χ2n) is 10.3. The van der Waals surface area contributed by atoms with Crippen molar-refractivity contribution in [1.29, 1.82) is 0 Å². The van der Waals surface area contributed by atoms with Gasteiger partial charge in [-0.1, -0.05) is 72.1 Å². The highest BCUT2D eigenvalue weighted by molar-refractivity contribution is 7.77. The molecule has 0 bridgehead atoms. The van der Waals surface area contributed by atoms with Gasteiger partial charge in [-0.05, 0) is 52.4 Å². The van der Waals surface area contributed by atoms with Gasteiger partial charge in [0.15, 0.2) is 5.79 Å². The molecule has 3 unspecified atom stereocenters. The van der Waals surface area contributed by atoms with E-state index in [4.69, 9.17) is 22.3 Å². The molecule has 3 nitrogen and oxygen atoms in total. The highest BCUT2D eigenvalue weighted by atomic mass is 32.1. The van der Waals surface area contributed by atoms with Gasteiger partial charge >= 0.3 is 0 Å². The molecule has 3 rings (SSSR count). The summed E-state index contributed by atoms with van der Waals surface area (Å²) < 4.78 is 16.5. The summed E-state index contributed by atoms with van der Waals surface area (Å²) in [5, 5.41) is 0. The number of piperidine rings is 1. The van der Waals surface area contributed by atoms with Crippen LogP contribution in [0.15, 0.2) is 0 Å². The SMILES string of the molecule is CCC1(C)CC(OC2CCCCC2)(OC2CCCCC2)C(C)C(C)(CC)N1S. The Morgan fingerprint density at radius 2 is 1.29 bits per heavy atom. The number of thiol groups is 1. The van der Waals surface area contributed by atoms with Gasteiger partial charge in [-0.2, -0.15) is 0 Å². The average Bonchev–Trinajstić information content (AvgIpc) is 2.72. The summed E-state index contributed by atoms with van der Waals surface area (Å²) in [6.07, 6.45) is 16.4. The molecule has 28 heavy (non-hydrogen) atoms. The van der Waals surface area contributed by atoms with Gasteiger partial charge in [-0.15, -0.1) is 0 Å². The Morgan fingerprint density at radius 3 is 1.68 bits per heavy atom. The van der Waals surface area contributed by atoms with Crippen LogP contribution in [0.1, 0.15) is 118 Å². The van der Waals surface area contributed by atoms with Crippen LogP contribution in [-0.4, -0.2) is 33.4 Å². The van der Waals surface area contributed by atoms with Crippen molar-refractivity contribution in [3.63, 3.8) is 0 Å². The van der Waals surface area contributed by atoms with E-state index >= 15 is 0 Å². The topological polar surface area (TPSA) is 21.7 Å². The molecule has 3 fully saturated rings. The van der Waals surface area contributed by atoms with E-state index in [9.17, 15) is 0 Å². The number of nitrogens with zero attached hydrogens (tertiary/aromatic N) is 1. The van der Waals surface area contributed by atoms with E-state index in [2.05, 4.69) is 38.9 Å². The molecule has 0 N–H and O–H groups in total. The third-order valence-electron chi connectivity index (χ3n) is 8.53. The predicted molar refractivity (Wildman–Crippen MR) is 121 cm³/mol. The average molecular weight is 412 g/mol. The minimum Gasteiger partial charge on any atom is -0.346 e. The first-order chi connectivity index (χ1) is 13.3. The Hall–Kier alpha value is 0.230. The first kappa shape index (κ1) is 22.9. The largest absolute Gasteiger partial charge is 0.346 e. The maximum absolute atomic E-state index is 7.09. The summed E-state index contributed by atoms with van der Waals surface area (Å²) in [4.78, 5) is 0. The van der Waals surface area contributed by atoms with Gasteiger partial charge in [0.25, 0.3) is 0 Å². The minimum absolute atomic E-state index is 0.0241. The molecule has 0 aromatic rings. The second-order valence-corrected chi connectivity index (χ2v) is 10.7. The monoisotopic (exact) mass is 411 g/mol. The van der Waals surface area contributed by atoms with Gasteiger partial charge in [0, 0.05) is 23.4 Å². The Kier molecular flexibility index (Phi) is 7.49. The van der Waals surface area contributed by atoms with Gasteiger partial charge in [-0.25, -0.2) is 4.31 Å². The fourth-order valence-electron chi connectivity index (χ4n) is 6.01. The number of rotatable bonds is 6. The highest BCUT2D eigenvalue weighted by Crippen LogP contribution is 2.54. The van der Waals surface area contributed by atoms with Gasteiger partial charge in [-0.3, -0.25) is 0 Å². The van der Waals surface area contributed by atoms with Gasteiger partial charge in [0.1, 0.15) is 0 Å².